The second kappa shape index (κ2) is 8.93. The van der Waals surface area contributed by atoms with E-state index in [1.807, 2.05) is 17.8 Å². The van der Waals surface area contributed by atoms with E-state index in [-0.39, 0.29) is 11.2 Å². The molecule has 0 aromatic heterocycles. The van der Waals surface area contributed by atoms with Crippen molar-refractivity contribution in [3.63, 3.8) is 0 Å². The number of aliphatic imine (C=N–C) groups is 1. The lowest BCUT2D eigenvalue weighted by atomic mass is 9.84. The molecule has 118 valence electrons. The molecule has 0 aliphatic carbocycles. The summed E-state index contributed by atoms with van der Waals surface area (Å²) in [5.41, 5.74) is 0.812. The van der Waals surface area contributed by atoms with Gasteiger partial charge < -0.3 is 10.6 Å². The minimum absolute atomic E-state index is 0.168. The van der Waals surface area contributed by atoms with E-state index >= 15 is 0 Å². The van der Waals surface area contributed by atoms with Crippen LogP contribution >= 0.6 is 11.8 Å². The van der Waals surface area contributed by atoms with Gasteiger partial charge in [-0.1, -0.05) is 26.0 Å². The first-order valence-electron chi connectivity index (χ1n) is 7.19. The number of benzene rings is 1. The zero-order valence-electron chi connectivity index (χ0n) is 13.4. The average Bonchev–Trinajstić information content (AvgIpc) is 2.46. The van der Waals surface area contributed by atoms with Gasteiger partial charge in [0, 0.05) is 25.6 Å². The van der Waals surface area contributed by atoms with E-state index in [0.29, 0.717) is 6.54 Å². The molecule has 0 bridgehead atoms. The molecule has 5 heteroatoms. The van der Waals surface area contributed by atoms with Crippen LogP contribution in [0.25, 0.3) is 0 Å². The molecule has 0 heterocycles. The highest BCUT2D eigenvalue weighted by Crippen LogP contribution is 2.22. The Morgan fingerprint density at radius 3 is 2.71 bits per heavy atom. The molecule has 1 rings (SSSR count). The van der Waals surface area contributed by atoms with Gasteiger partial charge in [-0.2, -0.15) is 11.8 Å². The topological polar surface area (TPSA) is 36.4 Å². The number of nitrogens with zero attached hydrogens (tertiary/aromatic N) is 1. The lowest BCUT2D eigenvalue weighted by Gasteiger charge is -2.26. The summed E-state index contributed by atoms with van der Waals surface area (Å²) in [4.78, 5) is 4.21. The Morgan fingerprint density at radius 1 is 1.33 bits per heavy atom. The molecule has 3 nitrogen and oxygen atoms in total. The molecule has 0 saturated carbocycles. The van der Waals surface area contributed by atoms with Gasteiger partial charge in [-0.15, -0.1) is 0 Å². The van der Waals surface area contributed by atoms with Gasteiger partial charge in [0.05, 0.1) is 0 Å². The molecular formula is C16H26FN3S. The Morgan fingerprint density at radius 2 is 2.10 bits per heavy atom. The zero-order chi connectivity index (χ0) is 15.7. The Labute approximate surface area is 131 Å². The second-order valence-electron chi connectivity index (χ2n) is 5.59. The highest BCUT2D eigenvalue weighted by molar-refractivity contribution is 7.98. The number of thioether (sulfide) groups is 1. The molecule has 2 N–H and O–H groups in total. The minimum Gasteiger partial charge on any atom is -0.356 e. The molecule has 21 heavy (non-hydrogen) atoms. The van der Waals surface area contributed by atoms with Crippen LogP contribution in [-0.2, 0) is 5.41 Å². The summed E-state index contributed by atoms with van der Waals surface area (Å²) >= 11 is 1.84. The average molecular weight is 311 g/mol. The monoisotopic (exact) mass is 311 g/mol. The van der Waals surface area contributed by atoms with E-state index in [4.69, 9.17) is 0 Å². The molecule has 0 amide bonds. The summed E-state index contributed by atoms with van der Waals surface area (Å²) in [6.07, 6.45) is 3.21. The predicted molar refractivity (Wildman–Crippen MR) is 91.8 cm³/mol. The largest absolute Gasteiger partial charge is 0.356 e. The van der Waals surface area contributed by atoms with Crippen molar-refractivity contribution in [1.82, 2.24) is 10.6 Å². The lowest BCUT2D eigenvalue weighted by molar-refractivity contribution is 0.503. The van der Waals surface area contributed by atoms with Crippen molar-refractivity contribution in [2.75, 3.05) is 32.1 Å². The first-order valence-corrected chi connectivity index (χ1v) is 8.58. The Bertz CT molecular complexity index is 461. The number of nitrogens with one attached hydrogen (secondary N) is 2. The smallest absolute Gasteiger partial charge is 0.191 e. The maximum atomic E-state index is 13.3. The standard InChI is InChI=1S/C16H26FN3S/c1-16(2,13-7-5-8-14(17)11-13)12-20-15(18-3)19-9-6-10-21-4/h5,7-8,11H,6,9-10,12H2,1-4H3,(H2,18,19,20). The first kappa shape index (κ1) is 17.8. The normalized spacial score (nSPS) is 12.3. The number of rotatable bonds is 7. The number of halogens is 1. The van der Waals surface area contributed by atoms with Crippen molar-refractivity contribution in [3.05, 3.63) is 35.6 Å². The van der Waals surface area contributed by atoms with Gasteiger partial charge in [0.1, 0.15) is 5.82 Å². The van der Waals surface area contributed by atoms with Crippen LogP contribution in [0.4, 0.5) is 4.39 Å². The van der Waals surface area contributed by atoms with Crippen LogP contribution in [0.3, 0.4) is 0 Å². The highest BCUT2D eigenvalue weighted by Gasteiger charge is 2.21. The third-order valence-corrected chi connectivity index (χ3v) is 4.04. The van der Waals surface area contributed by atoms with Crippen LogP contribution in [0, 0.1) is 5.82 Å². The van der Waals surface area contributed by atoms with Crippen LogP contribution in [0.2, 0.25) is 0 Å². The van der Waals surface area contributed by atoms with E-state index in [9.17, 15) is 4.39 Å². The predicted octanol–water partition coefficient (Wildman–Crippen LogP) is 3.02. The zero-order valence-corrected chi connectivity index (χ0v) is 14.2. The third kappa shape index (κ3) is 6.38. The summed E-state index contributed by atoms with van der Waals surface area (Å²) in [6.45, 7) is 5.78. The third-order valence-electron chi connectivity index (χ3n) is 3.35. The summed E-state index contributed by atoms with van der Waals surface area (Å²) in [5, 5.41) is 6.61. The summed E-state index contributed by atoms with van der Waals surface area (Å²) < 4.78 is 13.3. The van der Waals surface area contributed by atoms with Gasteiger partial charge in [0.15, 0.2) is 5.96 Å². The van der Waals surface area contributed by atoms with Gasteiger partial charge in [-0.05, 0) is 36.1 Å². The molecule has 0 unspecified atom stereocenters. The SMILES string of the molecule is CN=C(NCCCSC)NCC(C)(C)c1cccc(F)c1. The fourth-order valence-electron chi connectivity index (χ4n) is 1.96. The molecule has 1 aromatic carbocycles. The highest BCUT2D eigenvalue weighted by atomic mass is 32.2. The van der Waals surface area contributed by atoms with Gasteiger partial charge in [0.2, 0.25) is 0 Å². The van der Waals surface area contributed by atoms with Crippen molar-refractivity contribution in [1.29, 1.82) is 0 Å². The van der Waals surface area contributed by atoms with Crippen molar-refractivity contribution in [3.8, 4) is 0 Å². The molecule has 0 fully saturated rings. The van der Waals surface area contributed by atoms with Crippen molar-refractivity contribution in [2.45, 2.75) is 25.7 Å². The van der Waals surface area contributed by atoms with E-state index in [0.717, 1.165) is 30.2 Å². The van der Waals surface area contributed by atoms with E-state index in [1.165, 1.54) is 6.07 Å². The Kier molecular flexibility index (Phi) is 7.57. The lowest BCUT2D eigenvalue weighted by Crippen LogP contribution is -2.43. The molecular weight excluding hydrogens is 285 g/mol. The van der Waals surface area contributed by atoms with E-state index < -0.39 is 0 Å². The first-order chi connectivity index (χ1) is 9.99. The Hall–Kier alpha value is -1.23. The molecule has 0 aliphatic heterocycles. The summed E-state index contributed by atoms with van der Waals surface area (Å²) in [5.74, 6) is 1.74. The van der Waals surface area contributed by atoms with Crippen LogP contribution < -0.4 is 10.6 Å². The molecule has 0 spiro atoms. The molecule has 0 saturated heterocycles. The van der Waals surface area contributed by atoms with Gasteiger partial charge in [-0.3, -0.25) is 4.99 Å². The van der Waals surface area contributed by atoms with E-state index in [2.05, 4.69) is 35.7 Å². The summed E-state index contributed by atoms with van der Waals surface area (Å²) in [7, 11) is 1.76. The number of hydrogen-bond donors (Lipinski definition) is 2. The van der Waals surface area contributed by atoms with Crippen molar-refractivity contribution >= 4 is 17.7 Å². The number of hydrogen-bond acceptors (Lipinski definition) is 2. The van der Waals surface area contributed by atoms with Crippen LogP contribution in [0.5, 0.6) is 0 Å². The summed E-state index contributed by atoms with van der Waals surface area (Å²) in [6, 6.07) is 6.77. The fourth-order valence-corrected chi connectivity index (χ4v) is 2.39. The fraction of sp³-hybridized carbons (Fsp3) is 0.562. The van der Waals surface area contributed by atoms with Crippen molar-refractivity contribution in [2.24, 2.45) is 4.99 Å². The minimum atomic E-state index is -0.194. The van der Waals surface area contributed by atoms with Crippen LogP contribution in [-0.4, -0.2) is 38.1 Å². The van der Waals surface area contributed by atoms with Gasteiger partial charge in [-0.25, -0.2) is 4.39 Å². The number of guanidine groups is 1. The molecule has 0 radical (unpaired) electrons. The van der Waals surface area contributed by atoms with Gasteiger partial charge in [0.25, 0.3) is 0 Å². The maximum Gasteiger partial charge on any atom is 0.191 e. The van der Waals surface area contributed by atoms with Crippen LogP contribution in [0.15, 0.2) is 29.3 Å². The Balaban J connectivity index is 2.51. The van der Waals surface area contributed by atoms with E-state index in [1.54, 1.807) is 19.2 Å². The molecule has 1 aromatic rings. The maximum absolute atomic E-state index is 13.3. The van der Waals surface area contributed by atoms with Crippen molar-refractivity contribution < 1.29 is 4.39 Å². The van der Waals surface area contributed by atoms with Gasteiger partial charge >= 0.3 is 0 Å². The second-order valence-corrected chi connectivity index (χ2v) is 6.58. The molecule has 0 atom stereocenters. The van der Waals surface area contributed by atoms with Crippen LogP contribution in [0.1, 0.15) is 25.8 Å². The molecule has 0 aliphatic rings. The quantitative estimate of drug-likeness (QED) is 0.462.